The van der Waals surface area contributed by atoms with E-state index in [9.17, 15) is 36.7 Å². The van der Waals surface area contributed by atoms with Gasteiger partial charge in [0.2, 0.25) is 4.80 Å². The number of carboxylic acids is 1. The molecule has 56 heavy (non-hydrogen) atoms. The Morgan fingerprint density at radius 1 is 1.27 bits per heavy atom. The van der Waals surface area contributed by atoms with Gasteiger partial charge in [-0.3, -0.25) is 29.3 Å². The van der Waals surface area contributed by atoms with Crippen LogP contribution in [0.15, 0.2) is 41.4 Å². The van der Waals surface area contributed by atoms with Gasteiger partial charge in [-0.15, -0.1) is 6.42 Å². The lowest BCUT2D eigenvalue weighted by Crippen LogP contribution is -2.48. The number of benzene rings is 2. The third-order valence-electron chi connectivity index (χ3n) is 7.35. The number of hydrogen-bond donors (Lipinski definition) is 4. The third kappa shape index (κ3) is 12.9. The molecular formula is C34H45FN7O10PS3. The Labute approximate surface area is 331 Å². The van der Waals surface area contributed by atoms with E-state index < -0.39 is 54.4 Å². The number of ether oxygens (including phenoxy) is 1. The highest BCUT2D eigenvalue weighted by Gasteiger charge is 2.37. The first-order chi connectivity index (χ1) is 26.0. The second-order valence-electron chi connectivity index (χ2n) is 13.9. The van der Waals surface area contributed by atoms with Crippen LogP contribution in [0.1, 0.15) is 43.9 Å². The average Bonchev–Trinajstić information content (AvgIpc) is 3.56. The Bertz CT molecular complexity index is 2190. The van der Waals surface area contributed by atoms with Crippen molar-refractivity contribution in [2.75, 3.05) is 54.4 Å². The highest BCUT2D eigenvalue weighted by Crippen LogP contribution is 2.37. The topological polar surface area (TPSA) is 236 Å². The van der Waals surface area contributed by atoms with Crippen molar-refractivity contribution in [1.82, 2.24) is 18.6 Å². The number of carbonyl (C=O) groups excluding carboxylic acids is 2. The molecule has 3 aliphatic rings. The molecule has 2 aromatic carbocycles. The van der Waals surface area contributed by atoms with E-state index in [1.807, 2.05) is 9.88 Å². The molecule has 1 atom stereocenters. The van der Waals surface area contributed by atoms with Crippen LogP contribution in [-0.4, -0.2) is 100 Å². The van der Waals surface area contributed by atoms with E-state index >= 15 is 0 Å². The van der Waals surface area contributed by atoms with Crippen LogP contribution in [0.2, 0.25) is 0 Å². The van der Waals surface area contributed by atoms with Crippen molar-refractivity contribution < 1.29 is 51.4 Å². The molecule has 4 N–H and O–H groups in total. The van der Waals surface area contributed by atoms with Gasteiger partial charge < -0.3 is 28.8 Å². The summed E-state index contributed by atoms with van der Waals surface area (Å²) in [5, 5.41) is 9.97. The van der Waals surface area contributed by atoms with E-state index in [2.05, 4.69) is 52.6 Å². The fourth-order valence-corrected chi connectivity index (χ4v) is 7.81. The number of para-hydroxylation sites is 1. The Morgan fingerprint density at radius 2 is 1.91 bits per heavy atom. The Morgan fingerprint density at radius 3 is 2.50 bits per heavy atom. The van der Waals surface area contributed by atoms with Crippen molar-refractivity contribution in [2.24, 2.45) is 10.4 Å². The van der Waals surface area contributed by atoms with Crippen molar-refractivity contribution in [3.05, 3.63) is 58.4 Å². The molecule has 17 nitrogen and oxygen atoms in total. The van der Waals surface area contributed by atoms with Crippen LogP contribution in [0.5, 0.6) is 5.75 Å². The first-order valence-electron chi connectivity index (χ1n) is 16.7. The molecule has 306 valence electrons. The van der Waals surface area contributed by atoms with E-state index in [1.165, 1.54) is 28.6 Å². The molecular weight excluding hydrogens is 813 g/mol. The Hall–Kier alpha value is -4.29. The second-order valence-corrected chi connectivity index (χ2v) is 20.2. The lowest BCUT2D eigenvalue weighted by atomic mass is 9.92. The number of hydrogen-bond acceptors (Lipinski definition) is 12. The van der Waals surface area contributed by atoms with E-state index in [1.54, 1.807) is 38.1 Å². The molecule has 6 rings (SSSR count). The molecule has 0 saturated carbocycles. The molecule has 2 amide bonds. The van der Waals surface area contributed by atoms with E-state index in [0.29, 0.717) is 38.4 Å². The molecule has 0 bridgehead atoms. The van der Waals surface area contributed by atoms with Crippen molar-refractivity contribution in [3.8, 4) is 18.1 Å². The number of nitrogens with one attached hydrogen (secondary N) is 2. The second kappa shape index (κ2) is 19.2. The summed E-state index contributed by atoms with van der Waals surface area (Å²) >= 11 is 1.24. The zero-order valence-corrected chi connectivity index (χ0v) is 35.2. The zero-order chi connectivity index (χ0) is 42.2. The van der Waals surface area contributed by atoms with Crippen LogP contribution >= 0.6 is 19.1 Å². The van der Waals surface area contributed by atoms with Gasteiger partial charge in [0.15, 0.2) is 12.4 Å². The normalized spacial score (nSPS) is 17.2. The summed E-state index contributed by atoms with van der Waals surface area (Å²) in [7, 11) is -7.46. The van der Waals surface area contributed by atoms with Crippen molar-refractivity contribution in [1.29, 1.82) is 0 Å². The van der Waals surface area contributed by atoms with Crippen molar-refractivity contribution in [3.63, 3.8) is 0 Å². The van der Waals surface area contributed by atoms with Gasteiger partial charge in [0.25, 0.3) is 11.8 Å². The maximum absolute atomic E-state index is 14.5. The lowest BCUT2D eigenvalue weighted by Gasteiger charge is -2.31. The van der Waals surface area contributed by atoms with Crippen LogP contribution in [0.3, 0.4) is 0 Å². The zero-order valence-electron chi connectivity index (χ0n) is 31.8. The number of carbonyl (C=O) groups is 3. The minimum absolute atomic E-state index is 0.0964. The largest absolute Gasteiger partial charge is 0.778 e. The van der Waals surface area contributed by atoms with Gasteiger partial charge in [-0.1, -0.05) is 31.9 Å². The lowest BCUT2D eigenvalue weighted by molar-refractivity contribution is -0.193. The van der Waals surface area contributed by atoms with Gasteiger partial charge in [-0.2, -0.15) is 12.8 Å². The van der Waals surface area contributed by atoms with Gasteiger partial charge in [-0.25, -0.2) is 13.7 Å². The smallest absolute Gasteiger partial charge is 0.326 e. The van der Waals surface area contributed by atoms with Crippen LogP contribution in [0.25, 0.3) is 0 Å². The molecule has 3 aromatic rings. The molecule has 1 unspecified atom stereocenters. The van der Waals surface area contributed by atoms with E-state index in [4.69, 9.17) is 21.2 Å². The molecule has 0 saturated heterocycles. The maximum Gasteiger partial charge on any atom is 0.326 e. The maximum atomic E-state index is 14.5. The average molecular weight is 858 g/mol. The van der Waals surface area contributed by atoms with Gasteiger partial charge in [-0.05, 0) is 48.4 Å². The van der Waals surface area contributed by atoms with E-state index in [-0.39, 0.29) is 30.2 Å². The standard InChI is InChI=1S/C18H17FN4O2S.C10H12N2O3S.C3H8NO5P.C3H9S/c1-4-5-22-13-7-12(11(19)6-14(13)25-9-16(22)24)20-17-23-10-18(2,3)8-15(23)21-26-17;1-7(2)12-10(13)8-5-3-4-6-9(8)11-16(12,14)15;5-3(6)1-4-2-10(7,8)9;1-4(2)3/h1,6-7H,5,8-10H2,2-3H3;3-7,11H,1-2H3;4H,1-2H2,(H,5,6)(H2,7,8,9);1-3H3/q;;;+1/p-1. The molecule has 0 fully saturated rings. The highest BCUT2D eigenvalue weighted by molar-refractivity contribution is 7.94. The minimum Gasteiger partial charge on any atom is -0.778 e. The number of amides is 2. The van der Waals surface area contributed by atoms with Crippen LogP contribution in [-0.2, 0) is 48.2 Å². The number of aromatic nitrogens is 2. The molecule has 0 aliphatic carbocycles. The number of rotatable bonds is 7. The first kappa shape index (κ1) is 46.1. The summed E-state index contributed by atoms with van der Waals surface area (Å²) in [6.45, 7) is 7.89. The number of carboxylic acid groups (broad SMARTS) is 1. The van der Waals surface area contributed by atoms with Gasteiger partial charge in [0.1, 0.15) is 24.9 Å². The number of aliphatic carboxylic acids is 1. The SMILES string of the molecule is C#CCN1C(=O)COc2cc(F)c(N=c3snc4n3CC(C)(C)C4)cc21.CC(C)N1C(=O)c2ccccc2NS1(=O)=O.C[S+](C)C.O=C(O)CNCP(=O)([O-])O. The Balaban J connectivity index is 0.000000239. The number of halogens is 1. The fourth-order valence-electron chi connectivity index (χ4n) is 5.24. The molecule has 0 radical (unpaired) electrons. The molecule has 0 spiro atoms. The van der Waals surface area contributed by atoms with Crippen LogP contribution in [0, 0.1) is 23.6 Å². The predicted octanol–water partition coefficient (Wildman–Crippen LogP) is 2.12. The van der Waals surface area contributed by atoms with Gasteiger partial charge in [0.05, 0.1) is 55.1 Å². The summed E-state index contributed by atoms with van der Waals surface area (Å²) in [5.41, 5.74) is 1.40. The van der Waals surface area contributed by atoms with Crippen LogP contribution < -0.4 is 29.4 Å². The van der Waals surface area contributed by atoms with E-state index in [0.717, 1.165) is 23.1 Å². The summed E-state index contributed by atoms with van der Waals surface area (Å²) in [6, 6.07) is 8.91. The fraction of sp³-hybridized carbons (Fsp3) is 0.441. The van der Waals surface area contributed by atoms with Gasteiger partial charge >= 0.3 is 16.2 Å². The number of terminal acetylenes is 1. The Kier molecular flexibility index (Phi) is 15.8. The van der Waals surface area contributed by atoms with Crippen molar-refractivity contribution >= 4 is 75.1 Å². The quantitative estimate of drug-likeness (QED) is 0.152. The van der Waals surface area contributed by atoms with Crippen LogP contribution in [0.4, 0.5) is 21.5 Å². The molecule has 3 aliphatic heterocycles. The van der Waals surface area contributed by atoms with Crippen molar-refractivity contribution in [2.45, 2.75) is 46.7 Å². The number of anilines is 2. The summed E-state index contributed by atoms with van der Waals surface area (Å²) < 4.78 is 63.1. The predicted molar refractivity (Wildman–Crippen MR) is 212 cm³/mol. The summed E-state index contributed by atoms with van der Waals surface area (Å²) in [5.74, 6) is 1.27. The number of nitrogens with zero attached hydrogens (tertiary/aromatic N) is 5. The highest BCUT2D eigenvalue weighted by atomic mass is 32.2. The molecule has 22 heteroatoms. The molecule has 1 aromatic heterocycles. The third-order valence-corrected chi connectivity index (χ3v) is 10.3. The number of fused-ring (bicyclic) bond motifs is 3. The minimum atomic E-state index is -4.35. The summed E-state index contributed by atoms with van der Waals surface area (Å²) in [6.07, 6.45) is 12.1. The van der Waals surface area contributed by atoms with Gasteiger partial charge in [0, 0.05) is 36.6 Å². The summed E-state index contributed by atoms with van der Waals surface area (Å²) in [4.78, 5) is 58.3. The molecule has 4 heterocycles. The monoisotopic (exact) mass is 857 g/mol. The first-order valence-corrected chi connectivity index (χ1v) is 23.1.